The highest BCUT2D eigenvalue weighted by Gasteiger charge is 2.25. The van der Waals surface area contributed by atoms with Crippen LogP contribution in [0.5, 0.6) is 5.75 Å². The third-order valence-electron chi connectivity index (χ3n) is 7.21. The molecule has 8 nitrogen and oxygen atoms in total. The zero-order chi connectivity index (χ0) is 28.8. The van der Waals surface area contributed by atoms with Crippen molar-refractivity contribution in [2.45, 2.75) is 4.90 Å². The summed E-state index contributed by atoms with van der Waals surface area (Å²) in [6.45, 7) is 0. The predicted molar refractivity (Wildman–Crippen MR) is 162 cm³/mol. The number of nitro groups is 1. The van der Waals surface area contributed by atoms with Crippen LogP contribution in [0, 0.1) is 10.1 Å². The molecular weight excluding hydrogens is 550 g/mol. The van der Waals surface area contributed by atoms with Gasteiger partial charge in [0.2, 0.25) is 0 Å². The molecule has 0 unspecified atom stereocenters. The molecule has 0 saturated carbocycles. The van der Waals surface area contributed by atoms with E-state index in [1.165, 1.54) is 0 Å². The van der Waals surface area contributed by atoms with E-state index in [0.29, 0.717) is 11.4 Å². The van der Waals surface area contributed by atoms with Gasteiger partial charge in [-0.2, -0.15) is 8.42 Å². The van der Waals surface area contributed by atoms with Gasteiger partial charge in [-0.1, -0.05) is 78.9 Å². The van der Waals surface area contributed by atoms with Gasteiger partial charge in [0.15, 0.2) is 5.75 Å². The van der Waals surface area contributed by atoms with Crippen molar-refractivity contribution in [3.63, 3.8) is 0 Å². The van der Waals surface area contributed by atoms with Crippen LogP contribution in [0.3, 0.4) is 0 Å². The first-order valence-electron chi connectivity index (χ1n) is 13.1. The van der Waals surface area contributed by atoms with E-state index >= 15 is 0 Å². The number of non-ortho nitro benzene ring substituents is 1. The van der Waals surface area contributed by atoms with Gasteiger partial charge in [-0.05, 0) is 47.2 Å². The van der Waals surface area contributed by atoms with Gasteiger partial charge in [0, 0.05) is 28.6 Å². The SMILES string of the molecule is O=[N+]([O-])c1ccc(S(=O)(=O)Oc2ccccc2-c2nc3c4ccccc4c4ccccc4c3n2-c2ccccc2)cc1. The highest BCUT2D eigenvalue weighted by atomic mass is 32.2. The smallest absolute Gasteiger partial charge is 0.339 e. The van der Waals surface area contributed by atoms with Gasteiger partial charge in [0.05, 0.1) is 21.5 Å². The van der Waals surface area contributed by atoms with Crippen LogP contribution < -0.4 is 4.18 Å². The first-order valence-corrected chi connectivity index (χ1v) is 14.5. The maximum atomic E-state index is 13.3. The fraction of sp³-hybridized carbons (Fsp3) is 0. The molecule has 0 radical (unpaired) electrons. The topological polar surface area (TPSA) is 104 Å². The lowest BCUT2D eigenvalue weighted by atomic mass is 10.00. The number of hydrogen-bond donors (Lipinski definition) is 0. The number of para-hydroxylation sites is 2. The van der Waals surface area contributed by atoms with E-state index in [9.17, 15) is 18.5 Å². The fourth-order valence-electron chi connectivity index (χ4n) is 5.34. The van der Waals surface area contributed by atoms with Crippen LogP contribution in [0.15, 0.2) is 132 Å². The Labute approximate surface area is 240 Å². The Morgan fingerprint density at radius 1 is 0.667 bits per heavy atom. The van der Waals surface area contributed by atoms with E-state index in [1.807, 2.05) is 65.2 Å². The van der Waals surface area contributed by atoms with Crippen molar-refractivity contribution in [1.82, 2.24) is 9.55 Å². The van der Waals surface area contributed by atoms with Gasteiger partial charge < -0.3 is 4.18 Å². The van der Waals surface area contributed by atoms with Gasteiger partial charge in [-0.25, -0.2) is 4.98 Å². The molecule has 7 rings (SSSR count). The molecule has 0 saturated heterocycles. The monoisotopic (exact) mass is 571 g/mol. The lowest BCUT2D eigenvalue weighted by Gasteiger charge is -2.14. The minimum absolute atomic E-state index is 0.0805. The van der Waals surface area contributed by atoms with Crippen LogP contribution in [0.4, 0.5) is 5.69 Å². The first-order chi connectivity index (χ1) is 20.4. The zero-order valence-electron chi connectivity index (χ0n) is 21.9. The molecule has 0 aliphatic rings. The fourth-order valence-corrected chi connectivity index (χ4v) is 6.29. The van der Waals surface area contributed by atoms with Crippen LogP contribution in [0.2, 0.25) is 0 Å². The van der Waals surface area contributed by atoms with Crippen LogP contribution in [-0.4, -0.2) is 22.9 Å². The van der Waals surface area contributed by atoms with E-state index in [-0.39, 0.29) is 16.3 Å². The molecule has 9 heteroatoms. The third kappa shape index (κ3) is 4.15. The van der Waals surface area contributed by atoms with Crippen LogP contribution in [0.1, 0.15) is 0 Å². The molecule has 204 valence electrons. The summed E-state index contributed by atoms with van der Waals surface area (Å²) in [5.74, 6) is 0.587. The molecule has 0 amide bonds. The third-order valence-corrected chi connectivity index (χ3v) is 8.46. The standard InChI is InChI=1S/C33H21N3O5S/c37-36(38)23-18-20-24(21-19-23)42(39,40)41-30-17-9-8-16-29(30)33-34-31-27-14-6-4-12-25(27)26-13-5-7-15-28(26)32(31)35(33)22-10-2-1-3-11-22/h1-21H. The second-order valence-corrected chi connectivity index (χ2v) is 11.2. The van der Waals surface area contributed by atoms with Crippen molar-refractivity contribution < 1.29 is 17.5 Å². The molecule has 0 fully saturated rings. The normalized spacial score (nSPS) is 11.7. The molecule has 6 aromatic carbocycles. The highest BCUT2D eigenvalue weighted by molar-refractivity contribution is 7.87. The molecule has 1 aromatic heterocycles. The van der Waals surface area contributed by atoms with Crippen molar-refractivity contribution in [1.29, 1.82) is 0 Å². The molecule has 7 aromatic rings. The van der Waals surface area contributed by atoms with Gasteiger partial charge in [0.1, 0.15) is 10.7 Å². The summed E-state index contributed by atoms with van der Waals surface area (Å²) in [6, 6.07) is 37.4. The van der Waals surface area contributed by atoms with Gasteiger partial charge in [-0.3, -0.25) is 14.7 Å². The molecule has 42 heavy (non-hydrogen) atoms. The molecule has 0 bridgehead atoms. The second kappa shape index (κ2) is 9.83. The maximum Gasteiger partial charge on any atom is 0.339 e. The van der Waals surface area contributed by atoms with Crippen LogP contribution in [-0.2, 0) is 10.1 Å². The first kappa shape index (κ1) is 25.4. The Bertz CT molecular complexity index is 2260. The molecule has 1 heterocycles. The highest BCUT2D eigenvalue weighted by Crippen LogP contribution is 2.41. The number of aromatic nitrogens is 2. The molecule has 0 aliphatic carbocycles. The summed E-state index contributed by atoms with van der Waals surface area (Å²) in [5.41, 5.74) is 2.76. The zero-order valence-corrected chi connectivity index (χ0v) is 22.7. The number of hydrogen-bond acceptors (Lipinski definition) is 6. The molecule has 0 N–H and O–H groups in total. The Balaban J connectivity index is 1.49. The molecule has 0 spiro atoms. The van der Waals surface area contributed by atoms with Crippen LogP contribution >= 0.6 is 0 Å². The van der Waals surface area contributed by atoms with Crippen molar-refractivity contribution in [3.8, 4) is 22.8 Å². The van der Waals surface area contributed by atoms with Crippen LogP contribution in [0.25, 0.3) is 49.7 Å². The maximum absolute atomic E-state index is 13.3. The van der Waals surface area contributed by atoms with Crippen molar-refractivity contribution in [3.05, 3.63) is 138 Å². The number of rotatable bonds is 6. The van der Waals surface area contributed by atoms with E-state index in [0.717, 1.165) is 62.5 Å². The Morgan fingerprint density at radius 3 is 1.93 bits per heavy atom. The summed E-state index contributed by atoms with van der Waals surface area (Å²) < 4.78 is 34.4. The number of fused-ring (bicyclic) bond motifs is 6. The van der Waals surface area contributed by atoms with E-state index in [4.69, 9.17) is 9.17 Å². The molecular formula is C33H21N3O5S. The minimum Gasteiger partial charge on any atom is -0.378 e. The average molecular weight is 572 g/mol. The summed E-state index contributed by atoms with van der Waals surface area (Å²) >= 11 is 0. The average Bonchev–Trinajstić information content (AvgIpc) is 3.43. The lowest BCUT2D eigenvalue weighted by molar-refractivity contribution is -0.384. The number of benzene rings is 6. The Kier molecular flexibility index (Phi) is 5.95. The number of nitrogens with zero attached hydrogens (tertiary/aromatic N) is 3. The minimum atomic E-state index is -4.32. The predicted octanol–water partition coefficient (Wildman–Crippen LogP) is 7.67. The van der Waals surface area contributed by atoms with Crippen molar-refractivity contribution in [2.24, 2.45) is 0 Å². The Morgan fingerprint density at radius 2 is 1.24 bits per heavy atom. The summed E-state index contributed by atoms with van der Waals surface area (Å²) in [6.07, 6.45) is 0. The number of nitro benzene ring substituents is 1. The van der Waals surface area contributed by atoms with Crippen molar-refractivity contribution >= 4 is 48.4 Å². The Hall–Kier alpha value is -5.54. The quantitative estimate of drug-likeness (QED) is 0.0878. The summed E-state index contributed by atoms with van der Waals surface area (Å²) in [7, 11) is -4.32. The van der Waals surface area contributed by atoms with E-state index in [1.54, 1.807) is 24.3 Å². The summed E-state index contributed by atoms with van der Waals surface area (Å²) in [5, 5.41) is 15.2. The largest absolute Gasteiger partial charge is 0.378 e. The summed E-state index contributed by atoms with van der Waals surface area (Å²) in [4.78, 5) is 15.4. The van der Waals surface area contributed by atoms with Crippen molar-refractivity contribution in [2.75, 3.05) is 0 Å². The molecule has 0 atom stereocenters. The van der Waals surface area contributed by atoms with Gasteiger partial charge >= 0.3 is 10.1 Å². The number of imidazole rings is 1. The molecule has 0 aliphatic heterocycles. The second-order valence-electron chi connectivity index (χ2n) is 9.68. The lowest BCUT2D eigenvalue weighted by Crippen LogP contribution is -2.11. The van der Waals surface area contributed by atoms with Gasteiger partial charge in [-0.15, -0.1) is 0 Å². The van der Waals surface area contributed by atoms with E-state index < -0.39 is 15.0 Å². The van der Waals surface area contributed by atoms with E-state index in [2.05, 4.69) is 18.2 Å². The van der Waals surface area contributed by atoms with Gasteiger partial charge in [0.25, 0.3) is 5.69 Å².